The summed E-state index contributed by atoms with van der Waals surface area (Å²) in [4.78, 5) is 36.0. The number of nitrogens with zero attached hydrogens (tertiary/aromatic N) is 4. The van der Waals surface area contributed by atoms with E-state index >= 15 is 0 Å². The molecule has 0 bridgehead atoms. The number of pyridine rings is 1. The second-order valence-corrected chi connectivity index (χ2v) is 8.99. The summed E-state index contributed by atoms with van der Waals surface area (Å²) < 4.78 is 5.40. The second kappa shape index (κ2) is 12.5. The van der Waals surface area contributed by atoms with Crippen LogP contribution in [0.1, 0.15) is 40.1 Å². The average molecular weight is 509 g/mol. The molecule has 1 saturated heterocycles. The van der Waals surface area contributed by atoms with Gasteiger partial charge in [0, 0.05) is 57.2 Å². The third-order valence-electron chi connectivity index (χ3n) is 6.05. The Bertz CT molecular complexity index is 1160. The first-order chi connectivity index (χ1) is 16.9. The van der Waals surface area contributed by atoms with Gasteiger partial charge in [-0.25, -0.2) is 9.78 Å². The molecule has 0 aliphatic carbocycles. The molecule has 0 N–H and O–H groups in total. The minimum absolute atomic E-state index is 0. The van der Waals surface area contributed by atoms with Crippen LogP contribution in [0.4, 0.5) is 11.5 Å². The smallest absolute Gasteiger partial charge is 0.342 e. The molecule has 190 valence electrons. The molecular formula is C28H33ClN4O3. The largest absolute Gasteiger partial charge is 0.459 e. The summed E-state index contributed by atoms with van der Waals surface area (Å²) in [5.74, 6) is 0.316. The van der Waals surface area contributed by atoms with Crippen LogP contribution in [0.25, 0.3) is 0 Å². The van der Waals surface area contributed by atoms with E-state index in [9.17, 15) is 9.59 Å². The third kappa shape index (κ3) is 6.62. The molecule has 1 aliphatic rings. The van der Waals surface area contributed by atoms with E-state index in [1.54, 1.807) is 23.2 Å². The van der Waals surface area contributed by atoms with Crippen molar-refractivity contribution in [2.45, 2.75) is 26.5 Å². The van der Waals surface area contributed by atoms with E-state index in [-0.39, 0.29) is 30.4 Å². The van der Waals surface area contributed by atoms with Gasteiger partial charge in [0.25, 0.3) is 5.91 Å². The molecule has 2 heterocycles. The highest BCUT2D eigenvalue weighted by atomic mass is 35.5. The number of ether oxygens (including phenoxy) is 1. The van der Waals surface area contributed by atoms with Crippen molar-refractivity contribution in [1.29, 1.82) is 0 Å². The first-order valence-corrected chi connectivity index (χ1v) is 12.0. The maximum absolute atomic E-state index is 12.8. The number of benzene rings is 2. The van der Waals surface area contributed by atoms with Crippen molar-refractivity contribution < 1.29 is 14.3 Å². The summed E-state index contributed by atoms with van der Waals surface area (Å²) >= 11 is 0. The van der Waals surface area contributed by atoms with Gasteiger partial charge in [0.05, 0.1) is 6.10 Å². The Balaban J connectivity index is 0.00000361. The zero-order valence-electron chi connectivity index (χ0n) is 21.0. The number of amides is 1. The van der Waals surface area contributed by atoms with Crippen molar-refractivity contribution in [2.75, 3.05) is 43.0 Å². The Morgan fingerprint density at radius 1 is 0.972 bits per heavy atom. The number of carbonyl (C=O) groups excluding carboxylic acids is 2. The quantitative estimate of drug-likeness (QED) is 0.432. The van der Waals surface area contributed by atoms with Gasteiger partial charge in [-0.05, 0) is 55.8 Å². The van der Waals surface area contributed by atoms with Gasteiger partial charge in [0.15, 0.2) is 0 Å². The van der Waals surface area contributed by atoms with Gasteiger partial charge in [0.1, 0.15) is 11.4 Å². The van der Waals surface area contributed by atoms with Crippen LogP contribution in [-0.2, 0) is 11.3 Å². The predicted octanol–water partition coefficient (Wildman–Crippen LogP) is 4.67. The van der Waals surface area contributed by atoms with Crippen LogP contribution < -0.4 is 9.80 Å². The van der Waals surface area contributed by atoms with Crippen LogP contribution >= 0.6 is 12.4 Å². The van der Waals surface area contributed by atoms with Gasteiger partial charge < -0.3 is 14.5 Å². The monoisotopic (exact) mass is 508 g/mol. The maximum atomic E-state index is 12.8. The fraction of sp³-hybridized carbons (Fsp3) is 0.321. The van der Waals surface area contributed by atoms with Gasteiger partial charge in [0.2, 0.25) is 0 Å². The van der Waals surface area contributed by atoms with Gasteiger partial charge in [-0.1, -0.05) is 30.3 Å². The summed E-state index contributed by atoms with van der Waals surface area (Å²) in [5, 5.41) is 0. The molecule has 1 fully saturated rings. The van der Waals surface area contributed by atoms with Crippen molar-refractivity contribution in [3.05, 3.63) is 89.6 Å². The molecule has 3 aromatic rings. The molecular weight excluding hydrogens is 476 g/mol. The minimum Gasteiger partial charge on any atom is -0.459 e. The second-order valence-electron chi connectivity index (χ2n) is 8.99. The van der Waals surface area contributed by atoms with Crippen molar-refractivity contribution in [1.82, 2.24) is 9.88 Å². The Labute approximate surface area is 219 Å². The number of piperazine rings is 1. The number of hydrogen-bond donors (Lipinski definition) is 0. The van der Waals surface area contributed by atoms with Crippen molar-refractivity contribution in [3.8, 4) is 0 Å². The van der Waals surface area contributed by atoms with E-state index in [1.165, 1.54) is 0 Å². The summed E-state index contributed by atoms with van der Waals surface area (Å²) in [6.45, 7) is 7.71. The zero-order chi connectivity index (χ0) is 24.8. The normalized spacial score (nSPS) is 13.7. The summed E-state index contributed by atoms with van der Waals surface area (Å²) in [6, 6.07) is 21.0. The first kappa shape index (κ1) is 27.2. The molecule has 2 aromatic carbocycles. The van der Waals surface area contributed by atoms with E-state index in [4.69, 9.17) is 4.74 Å². The van der Waals surface area contributed by atoms with Crippen LogP contribution in [0.5, 0.6) is 0 Å². The fourth-order valence-corrected chi connectivity index (χ4v) is 4.22. The van der Waals surface area contributed by atoms with E-state index in [0.29, 0.717) is 16.9 Å². The highest BCUT2D eigenvalue weighted by Gasteiger charge is 2.24. The van der Waals surface area contributed by atoms with Gasteiger partial charge in [-0.2, -0.15) is 0 Å². The van der Waals surface area contributed by atoms with Crippen molar-refractivity contribution in [3.63, 3.8) is 0 Å². The van der Waals surface area contributed by atoms with E-state index in [1.807, 2.05) is 63.4 Å². The number of halogens is 1. The Morgan fingerprint density at radius 2 is 1.69 bits per heavy atom. The number of esters is 1. The zero-order valence-corrected chi connectivity index (χ0v) is 21.8. The van der Waals surface area contributed by atoms with Crippen LogP contribution in [0.2, 0.25) is 0 Å². The maximum Gasteiger partial charge on any atom is 0.342 e. The molecule has 8 heteroatoms. The van der Waals surface area contributed by atoms with Crippen molar-refractivity contribution in [2.24, 2.45) is 0 Å². The lowest BCUT2D eigenvalue weighted by Gasteiger charge is -2.36. The molecule has 0 spiro atoms. The molecule has 0 radical (unpaired) electrons. The van der Waals surface area contributed by atoms with Crippen LogP contribution in [-0.4, -0.2) is 61.1 Å². The summed E-state index contributed by atoms with van der Waals surface area (Å²) in [5.41, 5.74) is 3.20. The van der Waals surface area contributed by atoms with E-state index in [2.05, 4.69) is 26.9 Å². The van der Waals surface area contributed by atoms with Gasteiger partial charge in [-0.15, -0.1) is 12.4 Å². The Hall–Kier alpha value is -3.42. The van der Waals surface area contributed by atoms with E-state index < -0.39 is 0 Å². The number of hydrogen-bond acceptors (Lipinski definition) is 6. The summed E-state index contributed by atoms with van der Waals surface area (Å²) in [7, 11) is 1.81. The lowest BCUT2D eigenvalue weighted by molar-refractivity contribution is 0.0378. The van der Waals surface area contributed by atoms with Crippen LogP contribution in [0.15, 0.2) is 72.9 Å². The first-order valence-electron chi connectivity index (χ1n) is 12.0. The fourth-order valence-electron chi connectivity index (χ4n) is 4.22. The number of rotatable bonds is 7. The molecule has 1 amide bonds. The molecule has 0 atom stereocenters. The number of anilines is 2. The number of aromatic nitrogens is 1. The van der Waals surface area contributed by atoms with E-state index in [0.717, 1.165) is 44.0 Å². The Kier molecular flexibility index (Phi) is 9.44. The average Bonchev–Trinajstić information content (AvgIpc) is 2.88. The molecule has 1 aliphatic heterocycles. The topological polar surface area (TPSA) is 66.0 Å². The van der Waals surface area contributed by atoms with Crippen molar-refractivity contribution >= 4 is 35.8 Å². The molecule has 7 nitrogen and oxygen atoms in total. The van der Waals surface area contributed by atoms with Crippen LogP contribution in [0, 0.1) is 0 Å². The molecule has 4 rings (SSSR count). The lowest BCUT2D eigenvalue weighted by atomic mass is 10.1. The highest BCUT2D eigenvalue weighted by Crippen LogP contribution is 2.22. The third-order valence-corrected chi connectivity index (χ3v) is 6.05. The Morgan fingerprint density at radius 3 is 2.39 bits per heavy atom. The summed E-state index contributed by atoms with van der Waals surface area (Å²) in [6.07, 6.45) is 1.54. The van der Waals surface area contributed by atoms with Gasteiger partial charge >= 0.3 is 5.97 Å². The standard InChI is InChI=1S/C28H32N4O3.ClH/c1-21(2)35-28(34)25-13-8-14-29-26(25)32-17-15-31(16-18-32)20-22-9-7-12-24(19-22)30(3)27(33)23-10-5-4-6-11-23;/h4-14,19,21H,15-18,20H2,1-3H3;1H. The van der Waals surface area contributed by atoms with Crippen LogP contribution in [0.3, 0.4) is 0 Å². The molecule has 36 heavy (non-hydrogen) atoms. The predicted molar refractivity (Wildman–Crippen MR) is 145 cm³/mol. The SMILES string of the molecule is CC(C)OC(=O)c1cccnc1N1CCN(Cc2cccc(N(C)C(=O)c3ccccc3)c2)CC1.Cl. The van der Waals surface area contributed by atoms with Gasteiger partial charge in [-0.3, -0.25) is 9.69 Å². The lowest BCUT2D eigenvalue weighted by Crippen LogP contribution is -2.46. The molecule has 0 saturated carbocycles. The molecule has 1 aromatic heterocycles. The number of carbonyl (C=O) groups is 2. The molecule has 0 unspecified atom stereocenters. The minimum atomic E-state index is -0.337. The highest BCUT2D eigenvalue weighted by molar-refractivity contribution is 6.05.